The van der Waals surface area contributed by atoms with Gasteiger partial charge in [-0.3, -0.25) is 14.2 Å². The zero-order valence-corrected chi connectivity index (χ0v) is 16.1. The van der Waals surface area contributed by atoms with E-state index in [0.717, 1.165) is 23.7 Å². The lowest BCUT2D eigenvalue weighted by Gasteiger charge is -2.16. The predicted molar refractivity (Wildman–Crippen MR) is 100 cm³/mol. The molecule has 1 aliphatic rings. The van der Waals surface area contributed by atoms with Crippen LogP contribution in [0.3, 0.4) is 0 Å². The van der Waals surface area contributed by atoms with Crippen LogP contribution in [-0.4, -0.2) is 26.8 Å². The molecule has 1 N–H and O–H groups in total. The number of carbonyl (C=O) groups excluding carboxylic acids is 1. The molecule has 0 saturated heterocycles. The minimum absolute atomic E-state index is 0.00991. The van der Waals surface area contributed by atoms with Gasteiger partial charge in [-0.15, -0.1) is 0 Å². The fraction of sp³-hybridized carbons (Fsp3) is 0.471. The molecule has 1 atom stereocenters. The molecule has 1 aromatic carbocycles. The van der Waals surface area contributed by atoms with E-state index in [1.807, 2.05) is 26.0 Å². The average molecular weight is 410 g/mol. The van der Waals surface area contributed by atoms with Gasteiger partial charge in [-0.1, -0.05) is 34.6 Å². The molecule has 1 saturated carbocycles. The Kier molecular flexibility index (Phi) is 5.30. The van der Waals surface area contributed by atoms with Crippen LogP contribution in [0.5, 0.6) is 0 Å². The van der Waals surface area contributed by atoms with Crippen molar-refractivity contribution >= 4 is 44.5 Å². The monoisotopic (exact) mass is 409 g/mol. The highest BCUT2D eigenvalue weighted by Crippen LogP contribution is 2.25. The zero-order valence-electron chi connectivity index (χ0n) is 13.7. The van der Waals surface area contributed by atoms with Crippen LogP contribution in [0.2, 0.25) is 0 Å². The van der Waals surface area contributed by atoms with Crippen LogP contribution in [0.25, 0.3) is 10.9 Å². The number of halogens is 1. The van der Waals surface area contributed by atoms with Gasteiger partial charge in [-0.2, -0.15) is 0 Å². The van der Waals surface area contributed by atoms with E-state index in [4.69, 9.17) is 0 Å². The van der Waals surface area contributed by atoms with Crippen LogP contribution >= 0.6 is 27.7 Å². The molecular formula is C17H20BrN3O2S. The number of thioether (sulfide) groups is 1. The first-order valence-electron chi connectivity index (χ1n) is 8.16. The number of aromatic nitrogens is 2. The highest BCUT2D eigenvalue weighted by molar-refractivity contribution is 9.10. The third-order valence-corrected chi connectivity index (χ3v) is 5.49. The highest BCUT2D eigenvalue weighted by atomic mass is 79.9. The molecule has 128 valence electrons. The van der Waals surface area contributed by atoms with Crippen LogP contribution in [0, 0.1) is 0 Å². The van der Waals surface area contributed by atoms with Crippen molar-refractivity contribution in [2.75, 3.05) is 0 Å². The summed E-state index contributed by atoms with van der Waals surface area (Å²) < 4.78 is 2.54. The lowest BCUT2D eigenvalue weighted by Crippen LogP contribution is -2.33. The molecule has 1 amide bonds. The van der Waals surface area contributed by atoms with Crippen molar-refractivity contribution in [3.05, 3.63) is 33.0 Å². The summed E-state index contributed by atoms with van der Waals surface area (Å²) in [6, 6.07) is 5.83. The number of carbonyl (C=O) groups is 1. The van der Waals surface area contributed by atoms with Crippen molar-refractivity contribution in [3.8, 4) is 0 Å². The van der Waals surface area contributed by atoms with E-state index in [-0.39, 0.29) is 16.7 Å². The highest BCUT2D eigenvalue weighted by Gasteiger charge is 2.27. The molecule has 1 aromatic heterocycles. The number of rotatable bonds is 6. The number of nitrogens with zero attached hydrogens (tertiary/aromatic N) is 2. The van der Waals surface area contributed by atoms with E-state index in [9.17, 15) is 9.59 Å². The summed E-state index contributed by atoms with van der Waals surface area (Å²) in [7, 11) is 0. The van der Waals surface area contributed by atoms with E-state index in [0.29, 0.717) is 28.6 Å². The molecular weight excluding hydrogens is 390 g/mol. The van der Waals surface area contributed by atoms with Crippen molar-refractivity contribution in [2.45, 2.75) is 56.1 Å². The summed E-state index contributed by atoms with van der Waals surface area (Å²) in [5, 5.41) is 3.92. The average Bonchev–Trinajstić information content (AvgIpc) is 3.35. The minimum atomic E-state index is -0.284. The van der Waals surface area contributed by atoms with Crippen LogP contribution in [0.4, 0.5) is 0 Å². The third-order valence-electron chi connectivity index (χ3n) is 3.90. The molecule has 1 fully saturated rings. The van der Waals surface area contributed by atoms with Gasteiger partial charge >= 0.3 is 0 Å². The molecule has 24 heavy (non-hydrogen) atoms. The second-order valence-corrected chi connectivity index (χ2v) is 8.28. The summed E-state index contributed by atoms with van der Waals surface area (Å²) >= 11 is 4.75. The summed E-state index contributed by atoms with van der Waals surface area (Å²) in [5.41, 5.74) is 0.605. The van der Waals surface area contributed by atoms with Crippen LogP contribution in [-0.2, 0) is 11.3 Å². The zero-order chi connectivity index (χ0) is 17.3. The molecule has 0 spiro atoms. The van der Waals surface area contributed by atoms with Gasteiger partial charge in [0.1, 0.15) is 0 Å². The Balaban J connectivity index is 1.95. The molecule has 1 unspecified atom stereocenters. The Labute approximate surface area is 153 Å². The molecule has 0 radical (unpaired) electrons. The minimum Gasteiger partial charge on any atom is -0.352 e. The number of hydrogen-bond acceptors (Lipinski definition) is 4. The van der Waals surface area contributed by atoms with Crippen molar-refractivity contribution in [3.63, 3.8) is 0 Å². The largest absolute Gasteiger partial charge is 0.352 e. The van der Waals surface area contributed by atoms with Crippen molar-refractivity contribution in [1.82, 2.24) is 14.9 Å². The van der Waals surface area contributed by atoms with E-state index in [1.165, 1.54) is 11.8 Å². The normalized spacial score (nSPS) is 15.5. The van der Waals surface area contributed by atoms with Crippen LogP contribution in [0.15, 0.2) is 32.6 Å². The maximum absolute atomic E-state index is 12.8. The van der Waals surface area contributed by atoms with Crippen molar-refractivity contribution in [2.24, 2.45) is 0 Å². The quantitative estimate of drug-likeness (QED) is 0.586. The van der Waals surface area contributed by atoms with E-state index >= 15 is 0 Å². The summed E-state index contributed by atoms with van der Waals surface area (Å²) in [6.07, 6.45) is 2.96. The topological polar surface area (TPSA) is 64.0 Å². The van der Waals surface area contributed by atoms with Crippen LogP contribution in [0.1, 0.15) is 33.1 Å². The Morgan fingerprint density at radius 3 is 2.92 bits per heavy atom. The first kappa shape index (κ1) is 17.5. The fourth-order valence-electron chi connectivity index (χ4n) is 2.44. The first-order chi connectivity index (χ1) is 11.5. The molecule has 2 aromatic rings. The molecule has 1 heterocycles. The lowest BCUT2D eigenvalue weighted by molar-refractivity contribution is -0.120. The summed E-state index contributed by atoms with van der Waals surface area (Å²) in [6.45, 7) is 4.47. The molecule has 1 aliphatic carbocycles. The van der Waals surface area contributed by atoms with Gasteiger partial charge in [0, 0.05) is 17.1 Å². The Morgan fingerprint density at radius 2 is 2.25 bits per heavy atom. The molecule has 5 nitrogen and oxygen atoms in total. The molecule has 3 rings (SSSR count). The predicted octanol–water partition coefficient (Wildman–Crippen LogP) is 3.33. The van der Waals surface area contributed by atoms with Gasteiger partial charge in [-0.05, 0) is 44.4 Å². The number of hydrogen-bond donors (Lipinski definition) is 1. The van der Waals surface area contributed by atoms with Crippen molar-refractivity contribution in [1.29, 1.82) is 0 Å². The van der Waals surface area contributed by atoms with E-state index < -0.39 is 0 Å². The first-order valence-corrected chi connectivity index (χ1v) is 9.84. The van der Waals surface area contributed by atoms with Gasteiger partial charge < -0.3 is 5.32 Å². The van der Waals surface area contributed by atoms with Gasteiger partial charge in [-0.25, -0.2) is 4.98 Å². The van der Waals surface area contributed by atoms with Crippen molar-refractivity contribution < 1.29 is 4.79 Å². The second-order valence-electron chi connectivity index (χ2n) is 6.06. The second kappa shape index (κ2) is 7.27. The Hall–Kier alpha value is -1.34. The smallest absolute Gasteiger partial charge is 0.262 e. The molecule has 7 heteroatoms. The number of fused-ring (bicyclic) bond motifs is 1. The molecule has 0 bridgehead atoms. The lowest BCUT2D eigenvalue weighted by atomic mass is 10.2. The van der Waals surface area contributed by atoms with Gasteiger partial charge in [0.15, 0.2) is 5.16 Å². The van der Waals surface area contributed by atoms with Gasteiger partial charge in [0.2, 0.25) is 5.91 Å². The molecule has 0 aliphatic heterocycles. The number of nitrogens with one attached hydrogen (secondary N) is 1. The van der Waals surface area contributed by atoms with Crippen LogP contribution < -0.4 is 10.9 Å². The van der Waals surface area contributed by atoms with Gasteiger partial charge in [0.05, 0.1) is 16.2 Å². The Morgan fingerprint density at radius 1 is 1.50 bits per heavy atom. The van der Waals surface area contributed by atoms with E-state index in [1.54, 1.807) is 10.6 Å². The standard InChI is InChI=1S/C17H20BrN3O2S/c1-3-8-21-16(23)13-9-11(18)4-7-14(13)20-17(21)24-10(2)15(22)19-12-5-6-12/h4,7,9-10,12H,3,5-6,8H2,1-2H3,(H,19,22). The van der Waals surface area contributed by atoms with E-state index in [2.05, 4.69) is 26.2 Å². The number of amides is 1. The summed E-state index contributed by atoms with van der Waals surface area (Å²) in [4.78, 5) is 29.7. The third kappa shape index (κ3) is 3.83. The van der Waals surface area contributed by atoms with Gasteiger partial charge in [0.25, 0.3) is 5.56 Å². The summed E-state index contributed by atoms with van der Waals surface area (Å²) in [5.74, 6) is 0.00991. The maximum Gasteiger partial charge on any atom is 0.262 e. The fourth-order valence-corrected chi connectivity index (χ4v) is 3.75. The SMILES string of the molecule is CCCn1c(SC(C)C(=O)NC2CC2)nc2ccc(Br)cc2c1=O. The maximum atomic E-state index is 12.8. The Bertz CT molecular complexity index is 832. The number of benzene rings is 1.